The second-order valence-corrected chi connectivity index (χ2v) is 6.18. The third-order valence-corrected chi connectivity index (χ3v) is 4.35. The molecule has 4 aromatic rings. The highest BCUT2D eigenvalue weighted by molar-refractivity contribution is 5.78. The summed E-state index contributed by atoms with van der Waals surface area (Å²) < 4.78 is 6.31. The van der Waals surface area contributed by atoms with E-state index in [-0.39, 0.29) is 24.0 Å². The van der Waals surface area contributed by atoms with Crippen LogP contribution in [0.1, 0.15) is 23.9 Å². The van der Waals surface area contributed by atoms with E-state index in [0.29, 0.717) is 22.4 Å². The molecule has 1 atom stereocenters. The van der Waals surface area contributed by atoms with Gasteiger partial charge in [-0.15, -0.1) is 0 Å². The van der Waals surface area contributed by atoms with E-state index in [9.17, 15) is 9.90 Å². The molecule has 5 N–H and O–H groups in total. The van der Waals surface area contributed by atoms with Crippen molar-refractivity contribution in [2.75, 3.05) is 5.73 Å². The molecule has 0 saturated heterocycles. The van der Waals surface area contributed by atoms with E-state index < -0.39 is 11.3 Å². The number of aliphatic hydroxyl groups excluding tert-OH is 1. The summed E-state index contributed by atoms with van der Waals surface area (Å²) >= 11 is 0. The number of hydrogen-bond donors (Lipinski definition) is 4. The van der Waals surface area contributed by atoms with Gasteiger partial charge in [0.05, 0.1) is 11.0 Å². The summed E-state index contributed by atoms with van der Waals surface area (Å²) in [5, 5.41) is 23.9. The lowest BCUT2D eigenvalue weighted by atomic mass is 9.92. The van der Waals surface area contributed by atoms with Gasteiger partial charge in [0.1, 0.15) is 23.7 Å². The molecule has 27 heavy (non-hydrogen) atoms. The highest BCUT2D eigenvalue weighted by Gasteiger charge is 2.30. The van der Waals surface area contributed by atoms with E-state index >= 15 is 0 Å². The molecule has 0 aliphatic heterocycles. The minimum absolute atomic E-state index is 0.0380. The Morgan fingerprint density at radius 3 is 2.85 bits per heavy atom. The minimum Gasteiger partial charge on any atom is -0.388 e. The van der Waals surface area contributed by atoms with Crippen LogP contribution in [0.4, 0.5) is 5.95 Å². The number of H-pyrrole nitrogens is 1. The molecule has 4 rings (SSSR count). The number of aliphatic hydroxyl groups is 2. The predicted molar refractivity (Wildman–Crippen MR) is 95.0 cm³/mol. The van der Waals surface area contributed by atoms with Crippen LogP contribution in [0, 0.1) is 0 Å². The van der Waals surface area contributed by atoms with Crippen LogP contribution >= 0.6 is 0 Å². The molecule has 0 fully saturated rings. The molecule has 0 radical (unpaired) electrons. The van der Waals surface area contributed by atoms with Crippen molar-refractivity contribution in [3.05, 3.63) is 64.0 Å². The number of nitrogens with zero attached hydrogens (tertiary/aromatic N) is 4. The maximum Gasteiger partial charge on any atom is 0.332 e. The van der Waals surface area contributed by atoms with Crippen molar-refractivity contribution < 1.29 is 14.7 Å². The molecule has 0 bridgehead atoms. The van der Waals surface area contributed by atoms with Gasteiger partial charge in [0.25, 0.3) is 0 Å². The number of hydrogen-bond acceptors (Lipinski definition) is 8. The van der Waals surface area contributed by atoms with E-state index in [4.69, 9.17) is 15.4 Å². The van der Waals surface area contributed by atoms with Gasteiger partial charge >= 0.3 is 5.69 Å². The van der Waals surface area contributed by atoms with Gasteiger partial charge in [-0.1, -0.05) is 11.2 Å². The highest BCUT2D eigenvalue weighted by Crippen LogP contribution is 2.31. The van der Waals surface area contributed by atoms with Crippen LogP contribution in [-0.4, -0.2) is 34.9 Å². The first-order valence-electron chi connectivity index (χ1n) is 8.03. The fraction of sp³-hybridized carbons (Fsp3) is 0.176. The topological polar surface area (TPSA) is 156 Å². The number of benzene rings is 1. The Balaban J connectivity index is 1.89. The van der Waals surface area contributed by atoms with Crippen LogP contribution in [0.15, 0.2) is 45.8 Å². The first kappa shape index (κ1) is 16.9. The molecule has 10 heteroatoms. The van der Waals surface area contributed by atoms with Crippen molar-refractivity contribution in [3.8, 4) is 5.82 Å². The van der Waals surface area contributed by atoms with Gasteiger partial charge in [0.15, 0.2) is 5.76 Å². The van der Waals surface area contributed by atoms with Crippen molar-refractivity contribution in [1.82, 2.24) is 24.7 Å². The van der Waals surface area contributed by atoms with Crippen molar-refractivity contribution >= 4 is 17.0 Å². The largest absolute Gasteiger partial charge is 0.388 e. The fourth-order valence-electron chi connectivity index (χ4n) is 2.89. The number of aromatic amines is 1. The minimum atomic E-state index is -1.51. The smallest absolute Gasteiger partial charge is 0.332 e. The molecular formula is C17H16N6O4. The quantitative estimate of drug-likeness (QED) is 0.404. The van der Waals surface area contributed by atoms with Gasteiger partial charge in [-0.25, -0.2) is 14.3 Å². The number of nitrogen functional groups attached to an aromatic ring is 1. The molecule has 0 saturated carbocycles. The average molecular weight is 368 g/mol. The Morgan fingerprint density at radius 2 is 2.15 bits per heavy atom. The lowest BCUT2D eigenvalue weighted by molar-refractivity contribution is 0.0929. The lowest BCUT2D eigenvalue weighted by Gasteiger charge is -2.21. The molecule has 0 aliphatic carbocycles. The van der Waals surface area contributed by atoms with Gasteiger partial charge in [-0.2, -0.15) is 4.98 Å². The molecule has 3 aromatic heterocycles. The fourth-order valence-corrected chi connectivity index (χ4v) is 2.89. The van der Waals surface area contributed by atoms with Crippen molar-refractivity contribution in [2.24, 2.45) is 0 Å². The van der Waals surface area contributed by atoms with Crippen LogP contribution in [0.5, 0.6) is 0 Å². The Labute approximate surface area is 151 Å². The third kappa shape index (κ3) is 2.76. The molecule has 0 spiro atoms. The SMILES string of the molecule is CC(O)(c1ccc2[nH]c(=O)n(-c3ccnc(N)n3)c2c1)c1cc(CO)on1. The number of aromatic nitrogens is 5. The van der Waals surface area contributed by atoms with E-state index in [0.717, 1.165) is 0 Å². The van der Waals surface area contributed by atoms with Gasteiger partial charge in [-0.05, 0) is 24.6 Å². The second-order valence-electron chi connectivity index (χ2n) is 6.18. The Kier molecular flexibility index (Phi) is 3.79. The summed E-state index contributed by atoms with van der Waals surface area (Å²) in [7, 11) is 0. The monoisotopic (exact) mass is 368 g/mol. The zero-order chi connectivity index (χ0) is 19.2. The van der Waals surface area contributed by atoms with Crippen LogP contribution in [0.2, 0.25) is 0 Å². The molecule has 1 unspecified atom stereocenters. The first-order chi connectivity index (χ1) is 12.9. The van der Waals surface area contributed by atoms with E-state index in [1.165, 1.54) is 16.8 Å². The third-order valence-electron chi connectivity index (χ3n) is 4.35. The van der Waals surface area contributed by atoms with Crippen LogP contribution < -0.4 is 11.4 Å². The highest BCUT2D eigenvalue weighted by atomic mass is 16.5. The summed E-state index contributed by atoms with van der Waals surface area (Å²) in [5.41, 5.74) is 5.49. The molecule has 0 amide bonds. The van der Waals surface area contributed by atoms with Crippen LogP contribution in [0.3, 0.4) is 0 Å². The second kappa shape index (κ2) is 6.04. The number of rotatable bonds is 4. The summed E-state index contributed by atoms with van der Waals surface area (Å²) in [6, 6.07) is 8.03. The lowest BCUT2D eigenvalue weighted by Crippen LogP contribution is -2.23. The van der Waals surface area contributed by atoms with E-state index in [1.54, 1.807) is 31.2 Å². The molecular weight excluding hydrogens is 352 g/mol. The summed E-state index contributed by atoms with van der Waals surface area (Å²) in [6.45, 7) is 1.22. The average Bonchev–Trinajstić information content (AvgIpc) is 3.25. The van der Waals surface area contributed by atoms with E-state index in [1.807, 2.05) is 0 Å². The zero-order valence-corrected chi connectivity index (χ0v) is 14.2. The maximum atomic E-state index is 12.4. The van der Waals surface area contributed by atoms with Gasteiger partial charge < -0.3 is 25.5 Å². The van der Waals surface area contributed by atoms with Crippen LogP contribution in [0.25, 0.3) is 16.9 Å². The van der Waals surface area contributed by atoms with Gasteiger partial charge in [0, 0.05) is 18.3 Å². The van der Waals surface area contributed by atoms with E-state index in [2.05, 4.69) is 20.1 Å². The number of nitrogens with one attached hydrogen (secondary N) is 1. The number of imidazole rings is 1. The standard InChI is InChI=1S/C17H16N6O4/c1-17(26,13-7-10(8-24)27-22-13)9-2-3-11-12(6-9)23(16(25)20-11)14-4-5-19-15(18)21-14/h2-7,24,26H,8H2,1H3,(H,20,25)(H2,18,19,21). The molecule has 10 nitrogen and oxygen atoms in total. The van der Waals surface area contributed by atoms with Crippen molar-refractivity contribution in [1.29, 1.82) is 0 Å². The number of fused-ring (bicyclic) bond motifs is 1. The zero-order valence-electron chi connectivity index (χ0n) is 14.2. The predicted octanol–water partition coefficient (Wildman–Crippen LogP) is 0.427. The molecule has 1 aromatic carbocycles. The molecule has 138 valence electrons. The number of anilines is 1. The summed E-state index contributed by atoms with van der Waals surface area (Å²) in [4.78, 5) is 23.1. The van der Waals surface area contributed by atoms with Crippen molar-refractivity contribution in [3.63, 3.8) is 0 Å². The Bertz CT molecular complexity index is 1190. The summed E-state index contributed by atoms with van der Waals surface area (Å²) in [6.07, 6.45) is 1.45. The Morgan fingerprint density at radius 1 is 1.33 bits per heavy atom. The normalized spacial score (nSPS) is 13.7. The maximum absolute atomic E-state index is 12.4. The molecule has 0 aliphatic rings. The van der Waals surface area contributed by atoms with Crippen molar-refractivity contribution in [2.45, 2.75) is 19.1 Å². The summed E-state index contributed by atoms with van der Waals surface area (Å²) in [5.74, 6) is 0.581. The van der Waals surface area contributed by atoms with Crippen LogP contribution in [-0.2, 0) is 12.2 Å². The number of nitrogens with two attached hydrogens (primary N) is 1. The first-order valence-corrected chi connectivity index (χ1v) is 8.03. The molecule has 3 heterocycles. The van der Waals surface area contributed by atoms with Gasteiger partial charge in [0.2, 0.25) is 5.95 Å². The van der Waals surface area contributed by atoms with Gasteiger partial charge in [-0.3, -0.25) is 0 Å². The Hall–Kier alpha value is -3.50.